The molecule has 3 rings (SSSR count). The summed E-state index contributed by atoms with van der Waals surface area (Å²) in [4.78, 5) is 23.5. The number of carbonyl (C=O) groups excluding carboxylic acids is 1. The number of ether oxygens (including phenoxy) is 4. The number of hydrogen-bond acceptors (Lipinski definition) is 6. The molecule has 1 heterocycles. The number of para-hydroxylation sites is 1. The molecule has 0 spiro atoms. The molecule has 0 atom stereocenters. The van der Waals surface area contributed by atoms with E-state index in [2.05, 4.69) is 0 Å². The van der Waals surface area contributed by atoms with Gasteiger partial charge in [-0.2, -0.15) is 0 Å². The number of cyclic esters (lactones) is 1. The number of carboxylic acid groups (broad SMARTS) is 1. The van der Waals surface area contributed by atoms with Gasteiger partial charge in [0.15, 0.2) is 0 Å². The molecule has 7 nitrogen and oxygen atoms in total. The first kappa shape index (κ1) is 23.2. The van der Waals surface area contributed by atoms with Gasteiger partial charge < -0.3 is 24.1 Å². The van der Waals surface area contributed by atoms with Gasteiger partial charge in [-0.3, -0.25) is 4.79 Å². The number of benzene rings is 2. The third kappa shape index (κ3) is 4.88. The minimum atomic E-state index is -0.840. The van der Waals surface area contributed by atoms with E-state index in [0.29, 0.717) is 35.7 Å². The van der Waals surface area contributed by atoms with Crippen molar-refractivity contribution in [1.29, 1.82) is 0 Å². The Kier molecular flexibility index (Phi) is 7.41. The van der Waals surface area contributed by atoms with E-state index in [4.69, 9.17) is 24.1 Å². The van der Waals surface area contributed by atoms with Crippen molar-refractivity contribution in [3.63, 3.8) is 0 Å². The highest BCUT2D eigenvalue weighted by atomic mass is 16.5. The normalized spacial score (nSPS) is 12.9. The van der Waals surface area contributed by atoms with Crippen molar-refractivity contribution in [1.82, 2.24) is 0 Å². The van der Waals surface area contributed by atoms with E-state index in [1.54, 1.807) is 14.2 Å². The second-order valence-corrected chi connectivity index (χ2v) is 7.64. The predicted octanol–water partition coefficient (Wildman–Crippen LogP) is 4.62. The van der Waals surface area contributed by atoms with E-state index in [-0.39, 0.29) is 19.6 Å². The molecule has 170 valence electrons. The number of allylic oxidation sites excluding steroid dienone is 2. The smallest absolute Gasteiger partial charge is 0.342 e. The molecular weight excluding hydrogens is 412 g/mol. The van der Waals surface area contributed by atoms with E-state index < -0.39 is 11.9 Å². The molecular formula is C25H28O7. The van der Waals surface area contributed by atoms with Gasteiger partial charge in [-0.15, -0.1) is 0 Å². The Morgan fingerprint density at radius 1 is 1.16 bits per heavy atom. The highest BCUT2D eigenvalue weighted by molar-refractivity contribution is 5.98. The average molecular weight is 440 g/mol. The summed E-state index contributed by atoms with van der Waals surface area (Å²) >= 11 is 0. The van der Waals surface area contributed by atoms with Crippen LogP contribution >= 0.6 is 0 Å². The average Bonchev–Trinajstić information content (AvgIpc) is 3.17. The Bertz CT molecular complexity index is 1050. The standard InChI is InChI=1S/C25H28O7/c1-15(10-12-21(26)27)9-11-18-23(30-4)16(2)19-14-32-25(28)22(19)24(18)31-13-17-7-5-6-8-20(17)29-3/h5-9H,10-14H2,1-4H3,(H,26,27)/b15-9+. The van der Waals surface area contributed by atoms with Crippen molar-refractivity contribution in [3.05, 3.63) is 63.7 Å². The van der Waals surface area contributed by atoms with Gasteiger partial charge in [0.25, 0.3) is 0 Å². The van der Waals surface area contributed by atoms with Crippen LogP contribution in [0.1, 0.15) is 52.4 Å². The van der Waals surface area contributed by atoms with Gasteiger partial charge >= 0.3 is 11.9 Å². The molecule has 0 saturated carbocycles. The van der Waals surface area contributed by atoms with Crippen LogP contribution in [-0.4, -0.2) is 31.3 Å². The maximum absolute atomic E-state index is 12.6. The second kappa shape index (κ2) is 10.2. The minimum absolute atomic E-state index is 0.0617. The van der Waals surface area contributed by atoms with Crippen LogP contribution in [0.2, 0.25) is 0 Å². The van der Waals surface area contributed by atoms with Crippen LogP contribution in [0.5, 0.6) is 17.2 Å². The molecule has 1 aliphatic rings. The first-order chi connectivity index (χ1) is 15.4. The number of fused-ring (bicyclic) bond motifs is 1. The second-order valence-electron chi connectivity index (χ2n) is 7.64. The molecule has 2 aromatic rings. The fourth-order valence-electron chi connectivity index (χ4n) is 3.82. The number of hydrogen-bond donors (Lipinski definition) is 1. The highest BCUT2D eigenvalue weighted by Gasteiger charge is 2.33. The van der Waals surface area contributed by atoms with Gasteiger partial charge in [0.2, 0.25) is 0 Å². The summed E-state index contributed by atoms with van der Waals surface area (Å²) in [6, 6.07) is 7.52. The molecule has 1 N–H and O–H groups in total. The van der Waals surface area contributed by atoms with E-state index in [1.165, 1.54) is 0 Å². The van der Waals surface area contributed by atoms with Crippen molar-refractivity contribution in [3.8, 4) is 17.2 Å². The molecule has 0 bridgehead atoms. The molecule has 0 fully saturated rings. The van der Waals surface area contributed by atoms with Crippen LogP contribution in [0.25, 0.3) is 0 Å². The van der Waals surface area contributed by atoms with E-state index in [0.717, 1.165) is 27.8 Å². The molecule has 0 saturated heterocycles. The summed E-state index contributed by atoms with van der Waals surface area (Å²) < 4.78 is 22.7. The van der Waals surface area contributed by atoms with Crippen LogP contribution in [0.4, 0.5) is 0 Å². The molecule has 0 unspecified atom stereocenters. The van der Waals surface area contributed by atoms with Gasteiger partial charge in [-0.05, 0) is 38.3 Å². The summed E-state index contributed by atoms with van der Waals surface area (Å²) in [5.41, 5.74) is 4.53. The van der Waals surface area contributed by atoms with Gasteiger partial charge in [-0.25, -0.2) is 4.79 Å². The van der Waals surface area contributed by atoms with Gasteiger partial charge in [0.05, 0.1) is 14.2 Å². The molecule has 0 amide bonds. The number of carboxylic acids is 1. The fraction of sp³-hybridized carbons (Fsp3) is 0.360. The van der Waals surface area contributed by atoms with Gasteiger partial charge in [0.1, 0.15) is 36.0 Å². The van der Waals surface area contributed by atoms with Gasteiger partial charge in [0, 0.05) is 23.1 Å². The lowest BCUT2D eigenvalue weighted by Gasteiger charge is -2.20. The van der Waals surface area contributed by atoms with Crippen molar-refractivity contribution in [2.24, 2.45) is 0 Å². The summed E-state index contributed by atoms with van der Waals surface area (Å²) in [5.74, 6) is 0.496. The van der Waals surface area contributed by atoms with Crippen LogP contribution in [-0.2, 0) is 29.2 Å². The molecule has 0 radical (unpaired) electrons. The summed E-state index contributed by atoms with van der Waals surface area (Å²) in [7, 11) is 3.18. The summed E-state index contributed by atoms with van der Waals surface area (Å²) in [5, 5.41) is 8.94. The van der Waals surface area contributed by atoms with Crippen LogP contribution in [0.3, 0.4) is 0 Å². The molecule has 32 heavy (non-hydrogen) atoms. The number of methoxy groups -OCH3 is 2. The van der Waals surface area contributed by atoms with Crippen LogP contribution in [0.15, 0.2) is 35.9 Å². The predicted molar refractivity (Wildman–Crippen MR) is 119 cm³/mol. The maximum atomic E-state index is 12.6. The number of rotatable bonds is 10. The summed E-state index contributed by atoms with van der Waals surface area (Å²) in [6.45, 7) is 4.16. The Morgan fingerprint density at radius 2 is 1.91 bits per heavy atom. The third-order valence-corrected chi connectivity index (χ3v) is 5.58. The number of aliphatic carboxylic acids is 1. The molecule has 0 aliphatic carbocycles. The van der Waals surface area contributed by atoms with E-state index in [9.17, 15) is 9.59 Å². The van der Waals surface area contributed by atoms with Crippen LogP contribution in [0, 0.1) is 6.92 Å². The first-order valence-corrected chi connectivity index (χ1v) is 10.4. The quantitative estimate of drug-likeness (QED) is 0.426. The highest BCUT2D eigenvalue weighted by Crippen LogP contribution is 2.43. The molecule has 0 aromatic heterocycles. The van der Waals surface area contributed by atoms with Crippen molar-refractivity contribution < 1.29 is 33.6 Å². The number of esters is 1. The Labute approximate surface area is 187 Å². The fourth-order valence-corrected chi connectivity index (χ4v) is 3.82. The SMILES string of the molecule is COc1ccccc1COc1c(C/C=C(\C)CCC(=O)O)c(OC)c(C)c2c1C(=O)OC2. The van der Waals surface area contributed by atoms with Crippen molar-refractivity contribution >= 4 is 11.9 Å². The zero-order valence-electron chi connectivity index (χ0n) is 18.8. The Balaban J connectivity index is 2.03. The van der Waals surface area contributed by atoms with E-state index in [1.807, 2.05) is 44.2 Å². The Hall–Kier alpha value is -3.48. The van der Waals surface area contributed by atoms with Gasteiger partial charge in [-0.1, -0.05) is 29.8 Å². The summed E-state index contributed by atoms with van der Waals surface area (Å²) in [6.07, 6.45) is 2.88. The molecule has 2 aromatic carbocycles. The zero-order valence-corrected chi connectivity index (χ0v) is 18.8. The Morgan fingerprint density at radius 3 is 2.59 bits per heavy atom. The number of carbonyl (C=O) groups is 2. The van der Waals surface area contributed by atoms with Crippen LogP contribution < -0.4 is 14.2 Å². The first-order valence-electron chi connectivity index (χ1n) is 10.4. The lowest BCUT2D eigenvalue weighted by Crippen LogP contribution is -2.09. The van der Waals surface area contributed by atoms with Crippen molar-refractivity contribution in [2.45, 2.75) is 46.3 Å². The lowest BCUT2D eigenvalue weighted by atomic mass is 9.94. The largest absolute Gasteiger partial charge is 0.496 e. The van der Waals surface area contributed by atoms with Crippen molar-refractivity contribution in [2.75, 3.05) is 14.2 Å². The monoisotopic (exact) mass is 440 g/mol. The topological polar surface area (TPSA) is 91.3 Å². The lowest BCUT2D eigenvalue weighted by molar-refractivity contribution is -0.136. The minimum Gasteiger partial charge on any atom is -0.496 e. The maximum Gasteiger partial charge on any atom is 0.342 e. The zero-order chi connectivity index (χ0) is 23.3. The van der Waals surface area contributed by atoms with E-state index >= 15 is 0 Å². The molecule has 7 heteroatoms. The molecule has 1 aliphatic heterocycles. The third-order valence-electron chi connectivity index (χ3n) is 5.58.